The van der Waals surface area contributed by atoms with Crippen LogP contribution in [0.15, 0.2) is 277 Å². The van der Waals surface area contributed by atoms with E-state index in [1.807, 2.05) is 12.1 Å². The van der Waals surface area contributed by atoms with Gasteiger partial charge in [-0.1, -0.05) is 224 Å². The molecule has 13 rings (SSSR count). The molecule has 11 aromatic carbocycles. The van der Waals surface area contributed by atoms with E-state index in [1.54, 1.807) is 0 Å². The van der Waals surface area contributed by atoms with E-state index < -0.39 is 5.41 Å². The summed E-state index contributed by atoms with van der Waals surface area (Å²) in [6.45, 7) is 0. The highest BCUT2D eigenvalue weighted by molar-refractivity contribution is 6.09. The van der Waals surface area contributed by atoms with Crippen LogP contribution in [0.1, 0.15) is 22.3 Å². The fraction of sp³-hybridized carbons (Fsp3) is 0.0149. The number of anilines is 3. The zero-order valence-electron chi connectivity index (χ0n) is 37.8. The minimum atomic E-state index is -0.511. The smallest absolute Gasteiger partial charge is 0.143 e. The highest BCUT2D eigenvalue weighted by Gasteiger charge is 2.46. The Morgan fingerprint density at radius 3 is 1.35 bits per heavy atom. The van der Waals surface area contributed by atoms with Crippen molar-refractivity contribution in [3.05, 3.63) is 295 Å². The van der Waals surface area contributed by atoms with Gasteiger partial charge in [0.25, 0.3) is 0 Å². The molecule has 1 aromatic heterocycles. The summed E-state index contributed by atoms with van der Waals surface area (Å²) in [7, 11) is 0. The van der Waals surface area contributed by atoms with E-state index >= 15 is 0 Å². The molecule has 69 heavy (non-hydrogen) atoms. The van der Waals surface area contributed by atoms with Gasteiger partial charge in [-0.25, -0.2) is 0 Å². The third-order valence-corrected chi connectivity index (χ3v) is 14.2. The van der Waals surface area contributed by atoms with Crippen molar-refractivity contribution < 1.29 is 4.42 Å². The zero-order valence-corrected chi connectivity index (χ0v) is 37.8. The number of benzene rings is 11. The quantitative estimate of drug-likeness (QED) is 0.144. The number of furan rings is 1. The van der Waals surface area contributed by atoms with Crippen molar-refractivity contribution >= 4 is 39.0 Å². The molecule has 0 amide bonds. The minimum Gasteiger partial charge on any atom is -0.455 e. The number of fused-ring (bicyclic) bond motifs is 6. The van der Waals surface area contributed by atoms with Crippen LogP contribution in [0.2, 0.25) is 0 Å². The van der Waals surface area contributed by atoms with Crippen LogP contribution < -0.4 is 4.90 Å². The Morgan fingerprint density at radius 1 is 0.275 bits per heavy atom. The number of rotatable bonds is 9. The molecule has 0 aliphatic heterocycles. The van der Waals surface area contributed by atoms with Gasteiger partial charge in [-0.3, -0.25) is 0 Å². The average molecular weight is 880 g/mol. The molecule has 2 heteroatoms. The Kier molecular flexibility index (Phi) is 9.77. The van der Waals surface area contributed by atoms with Gasteiger partial charge in [-0.15, -0.1) is 0 Å². The molecule has 1 heterocycles. The molecular formula is C67H45NO. The first-order chi connectivity index (χ1) is 34.2. The summed E-state index contributed by atoms with van der Waals surface area (Å²) >= 11 is 0. The fourth-order valence-corrected chi connectivity index (χ4v) is 10.9. The van der Waals surface area contributed by atoms with Crippen LogP contribution in [-0.2, 0) is 5.41 Å². The molecule has 12 aromatic rings. The van der Waals surface area contributed by atoms with E-state index in [0.29, 0.717) is 0 Å². The largest absolute Gasteiger partial charge is 0.455 e. The highest BCUT2D eigenvalue weighted by atomic mass is 16.3. The molecule has 1 aliphatic carbocycles. The Balaban J connectivity index is 0.904. The molecule has 1 aliphatic rings. The normalized spacial score (nSPS) is 13.9. The molecule has 0 saturated carbocycles. The second kappa shape index (κ2) is 16.7. The van der Waals surface area contributed by atoms with Gasteiger partial charge in [0.2, 0.25) is 0 Å². The van der Waals surface area contributed by atoms with Gasteiger partial charge in [0.1, 0.15) is 11.2 Å². The van der Waals surface area contributed by atoms with Crippen LogP contribution in [0.25, 0.3) is 77.6 Å². The maximum absolute atomic E-state index is 6.46. The van der Waals surface area contributed by atoms with Crippen LogP contribution >= 0.6 is 0 Å². The summed E-state index contributed by atoms with van der Waals surface area (Å²) in [5.41, 5.74) is 21.5. The first-order valence-corrected chi connectivity index (χ1v) is 23.7. The summed E-state index contributed by atoms with van der Waals surface area (Å²) in [6, 6.07) is 99.2. The van der Waals surface area contributed by atoms with Gasteiger partial charge >= 0.3 is 0 Å². The predicted octanol–water partition coefficient (Wildman–Crippen LogP) is 18.1. The predicted molar refractivity (Wildman–Crippen MR) is 287 cm³/mol. The second-order valence-corrected chi connectivity index (χ2v) is 18.0. The van der Waals surface area contributed by atoms with Gasteiger partial charge in [0, 0.05) is 33.4 Å². The monoisotopic (exact) mass is 879 g/mol. The van der Waals surface area contributed by atoms with E-state index in [4.69, 9.17) is 4.42 Å². The second-order valence-electron chi connectivity index (χ2n) is 18.0. The maximum Gasteiger partial charge on any atom is 0.143 e. The van der Waals surface area contributed by atoms with Crippen molar-refractivity contribution in [3.8, 4) is 55.6 Å². The number of hydrogen-bond donors (Lipinski definition) is 0. The summed E-state index contributed by atoms with van der Waals surface area (Å²) in [6.07, 6.45) is 0. The van der Waals surface area contributed by atoms with Crippen molar-refractivity contribution in [2.45, 2.75) is 5.41 Å². The molecule has 0 saturated heterocycles. The molecule has 0 spiro atoms. The SMILES string of the molecule is c1ccc(-c2ccc(N(c3ccc(-c4ccc5c(c4)C(c4ccccc4)(c4ccc(-c6ccccc6)cc4)c4ccccc4-5)cc3)c3ccc(-c4cccc5c4oc4ccccc45)cc3)cc2)cc1. The first kappa shape index (κ1) is 40.3. The number of nitrogens with zero attached hydrogens (tertiary/aromatic N) is 1. The summed E-state index contributed by atoms with van der Waals surface area (Å²) < 4.78 is 6.46. The van der Waals surface area contributed by atoms with E-state index in [2.05, 4.69) is 266 Å². The number of hydrogen-bond acceptors (Lipinski definition) is 2. The lowest BCUT2D eigenvalue weighted by atomic mass is 9.67. The van der Waals surface area contributed by atoms with Crippen LogP contribution in [0.3, 0.4) is 0 Å². The fourth-order valence-electron chi connectivity index (χ4n) is 10.9. The van der Waals surface area contributed by atoms with E-state index in [1.165, 1.54) is 61.2 Å². The lowest BCUT2D eigenvalue weighted by molar-refractivity contribution is 0.670. The molecule has 0 radical (unpaired) electrons. The van der Waals surface area contributed by atoms with Gasteiger partial charge in [-0.05, 0) is 121 Å². The standard InChI is InChI=1S/C67H45NO/c1-4-15-46(16-5-1)48-27-36-54(37-28-48)67(53-19-8-3-9-20-53)63-25-12-10-21-59(63)60-44-35-52(45-64(60)67)50-31-40-56(41-32-50)68(55-38-29-49(30-39-55)47-17-6-2-7-18-47)57-42-33-51(34-43-57)58-23-14-24-62-61-22-11-13-26-65(61)69-66(58)62/h1-45H. The Labute approximate surface area is 402 Å². The van der Waals surface area contributed by atoms with Crippen LogP contribution in [0, 0.1) is 0 Å². The molecule has 2 nitrogen and oxygen atoms in total. The first-order valence-electron chi connectivity index (χ1n) is 23.7. The lowest BCUT2D eigenvalue weighted by Gasteiger charge is -2.34. The van der Waals surface area contributed by atoms with Gasteiger partial charge in [0.15, 0.2) is 0 Å². The maximum atomic E-state index is 6.46. The molecule has 1 atom stereocenters. The third kappa shape index (κ3) is 6.80. The lowest BCUT2D eigenvalue weighted by Crippen LogP contribution is -2.28. The molecule has 324 valence electrons. The molecule has 1 unspecified atom stereocenters. The molecular weight excluding hydrogens is 835 g/mol. The van der Waals surface area contributed by atoms with E-state index in [0.717, 1.165) is 55.7 Å². The molecule has 0 fully saturated rings. The topological polar surface area (TPSA) is 16.4 Å². The van der Waals surface area contributed by atoms with Crippen molar-refractivity contribution in [1.29, 1.82) is 0 Å². The summed E-state index contributed by atoms with van der Waals surface area (Å²) in [5, 5.41) is 2.26. The third-order valence-electron chi connectivity index (χ3n) is 14.2. The van der Waals surface area contributed by atoms with Crippen LogP contribution in [-0.4, -0.2) is 0 Å². The van der Waals surface area contributed by atoms with Crippen molar-refractivity contribution in [2.24, 2.45) is 0 Å². The van der Waals surface area contributed by atoms with Crippen molar-refractivity contribution in [2.75, 3.05) is 4.90 Å². The van der Waals surface area contributed by atoms with Crippen molar-refractivity contribution in [1.82, 2.24) is 0 Å². The minimum absolute atomic E-state index is 0.511. The average Bonchev–Trinajstić information content (AvgIpc) is 3.96. The Morgan fingerprint density at radius 2 is 0.710 bits per heavy atom. The molecule has 0 N–H and O–H groups in total. The molecule has 0 bridgehead atoms. The van der Waals surface area contributed by atoms with Crippen molar-refractivity contribution in [3.63, 3.8) is 0 Å². The highest BCUT2D eigenvalue weighted by Crippen LogP contribution is 2.57. The van der Waals surface area contributed by atoms with E-state index in [-0.39, 0.29) is 0 Å². The number of para-hydroxylation sites is 2. The summed E-state index contributed by atoms with van der Waals surface area (Å²) in [4.78, 5) is 2.35. The van der Waals surface area contributed by atoms with Crippen LogP contribution in [0.4, 0.5) is 17.1 Å². The zero-order chi connectivity index (χ0) is 45.7. The summed E-state index contributed by atoms with van der Waals surface area (Å²) in [5.74, 6) is 0. The van der Waals surface area contributed by atoms with Crippen LogP contribution in [0.5, 0.6) is 0 Å². The van der Waals surface area contributed by atoms with Gasteiger partial charge in [0.05, 0.1) is 5.41 Å². The van der Waals surface area contributed by atoms with Gasteiger partial charge < -0.3 is 9.32 Å². The Hall–Kier alpha value is -8.98. The van der Waals surface area contributed by atoms with Gasteiger partial charge in [-0.2, -0.15) is 0 Å². The van der Waals surface area contributed by atoms with E-state index in [9.17, 15) is 0 Å². The Bertz CT molecular complexity index is 3780.